The number of hydrogen-bond acceptors (Lipinski definition) is 5. The van der Waals surface area contributed by atoms with E-state index in [2.05, 4.69) is 17.4 Å². The second kappa shape index (κ2) is 9.00. The van der Waals surface area contributed by atoms with E-state index < -0.39 is 23.5 Å². The van der Waals surface area contributed by atoms with E-state index in [-0.39, 0.29) is 43.4 Å². The molecule has 35 heavy (non-hydrogen) atoms. The first-order valence-corrected chi connectivity index (χ1v) is 12.1. The molecule has 2 amide bonds. The topological polar surface area (TPSA) is 105 Å². The average molecular weight is 479 g/mol. The largest absolute Gasteiger partial charge is 0.481 e. The Morgan fingerprint density at radius 2 is 1.71 bits per heavy atom. The number of ether oxygens (including phenoxy) is 2. The van der Waals surface area contributed by atoms with Gasteiger partial charge >= 0.3 is 12.1 Å². The summed E-state index contributed by atoms with van der Waals surface area (Å²) in [4.78, 5) is 39.8. The van der Waals surface area contributed by atoms with Crippen LogP contribution in [-0.2, 0) is 19.1 Å². The number of nitrogens with zero attached hydrogens (tertiary/aromatic N) is 1. The SMILES string of the molecule is CCC(COC)(NC(=O)OCC1c2ccccc2-c2ccccc21)C(=O)N1CC2CC1C2C(=O)O. The third-order valence-electron chi connectivity index (χ3n) is 7.93. The quantitative estimate of drug-likeness (QED) is 0.604. The number of hydrogen-bond donors (Lipinski definition) is 2. The van der Waals surface area contributed by atoms with Crippen LogP contribution in [0.1, 0.15) is 36.8 Å². The monoisotopic (exact) mass is 478 g/mol. The number of rotatable bonds is 8. The Morgan fingerprint density at radius 1 is 1.09 bits per heavy atom. The minimum Gasteiger partial charge on any atom is -0.481 e. The van der Waals surface area contributed by atoms with Crippen molar-refractivity contribution in [1.29, 1.82) is 0 Å². The Morgan fingerprint density at radius 3 is 2.26 bits per heavy atom. The van der Waals surface area contributed by atoms with Crippen LogP contribution in [0.5, 0.6) is 0 Å². The van der Waals surface area contributed by atoms with Crippen molar-refractivity contribution < 1.29 is 29.0 Å². The van der Waals surface area contributed by atoms with Gasteiger partial charge in [0.05, 0.1) is 12.5 Å². The molecule has 4 atom stereocenters. The van der Waals surface area contributed by atoms with Crippen LogP contribution in [0.2, 0.25) is 0 Å². The van der Waals surface area contributed by atoms with Crippen LogP contribution in [0.15, 0.2) is 48.5 Å². The van der Waals surface area contributed by atoms with Gasteiger partial charge in [-0.05, 0) is 41.0 Å². The molecule has 4 aliphatic rings. The number of carbonyl (C=O) groups excluding carboxylic acids is 2. The Kier molecular flexibility index (Phi) is 6.01. The summed E-state index contributed by atoms with van der Waals surface area (Å²) < 4.78 is 11.0. The van der Waals surface area contributed by atoms with E-state index >= 15 is 0 Å². The highest BCUT2D eigenvalue weighted by atomic mass is 16.5. The van der Waals surface area contributed by atoms with E-state index in [1.54, 1.807) is 11.8 Å². The Bertz CT molecular complexity index is 1120. The molecule has 1 saturated carbocycles. The zero-order valence-electron chi connectivity index (χ0n) is 19.9. The van der Waals surface area contributed by atoms with Crippen LogP contribution in [0.3, 0.4) is 0 Å². The zero-order chi connectivity index (χ0) is 24.7. The van der Waals surface area contributed by atoms with E-state index in [1.165, 1.54) is 7.11 Å². The maximum atomic E-state index is 13.6. The molecule has 8 nitrogen and oxygen atoms in total. The predicted molar refractivity (Wildman–Crippen MR) is 128 cm³/mol. The first-order chi connectivity index (χ1) is 16.9. The van der Waals surface area contributed by atoms with Crippen molar-refractivity contribution in [2.75, 3.05) is 26.9 Å². The van der Waals surface area contributed by atoms with Gasteiger partial charge in [0.15, 0.2) is 0 Å². The van der Waals surface area contributed by atoms with Gasteiger partial charge in [-0.15, -0.1) is 0 Å². The van der Waals surface area contributed by atoms with E-state index in [0.717, 1.165) is 22.3 Å². The molecule has 2 heterocycles. The molecule has 2 aromatic carbocycles. The average Bonchev–Trinajstić information content (AvgIpc) is 3.52. The van der Waals surface area contributed by atoms with E-state index in [4.69, 9.17) is 9.47 Å². The van der Waals surface area contributed by atoms with Gasteiger partial charge in [0.1, 0.15) is 12.1 Å². The number of alkyl carbamates (subject to hydrolysis) is 1. The first-order valence-electron chi connectivity index (χ1n) is 12.1. The molecule has 184 valence electrons. The Hall–Kier alpha value is -3.39. The van der Waals surface area contributed by atoms with Crippen LogP contribution < -0.4 is 5.32 Å². The lowest BCUT2D eigenvalue weighted by atomic mass is 9.74. The summed E-state index contributed by atoms with van der Waals surface area (Å²) in [6.07, 6.45) is 0.274. The molecule has 2 bridgehead atoms. The molecule has 2 aromatic rings. The lowest BCUT2D eigenvalue weighted by Gasteiger charge is -2.38. The predicted octanol–water partition coefficient (Wildman–Crippen LogP) is 3.25. The summed E-state index contributed by atoms with van der Waals surface area (Å²) >= 11 is 0. The van der Waals surface area contributed by atoms with Crippen molar-refractivity contribution in [3.63, 3.8) is 0 Å². The normalized spacial score (nSPS) is 23.6. The van der Waals surface area contributed by atoms with Gasteiger partial charge < -0.3 is 24.8 Å². The molecule has 0 aromatic heterocycles. The minimum absolute atomic E-state index is 0.0296. The standard InChI is InChI=1S/C27H30N2O6/c1-3-27(15-34-2,25(32)29-13-16-12-22(29)23(16)24(30)31)28-26(33)35-14-21-19-10-6-4-8-17(19)18-9-5-7-11-20(18)21/h4-11,16,21-23H,3,12-15H2,1-2H3,(H,28,33)(H,30,31). The van der Waals surface area contributed by atoms with Crippen LogP contribution >= 0.6 is 0 Å². The number of carboxylic acid groups (broad SMARTS) is 1. The van der Waals surface area contributed by atoms with Crippen LogP contribution in [0.4, 0.5) is 4.79 Å². The van der Waals surface area contributed by atoms with Gasteiger partial charge in [-0.25, -0.2) is 4.79 Å². The number of carbonyl (C=O) groups is 3. The smallest absolute Gasteiger partial charge is 0.408 e. The molecule has 0 spiro atoms. The highest BCUT2D eigenvalue weighted by Crippen LogP contribution is 2.47. The van der Waals surface area contributed by atoms with E-state index in [1.807, 2.05) is 36.4 Å². The molecule has 3 fully saturated rings. The van der Waals surface area contributed by atoms with Crippen LogP contribution in [0, 0.1) is 11.8 Å². The number of nitrogens with one attached hydrogen (secondary N) is 1. The van der Waals surface area contributed by atoms with Crippen molar-refractivity contribution in [2.24, 2.45) is 11.8 Å². The number of methoxy groups -OCH3 is 1. The van der Waals surface area contributed by atoms with Gasteiger partial charge in [0.2, 0.25) is 0 Å². The lowest BCUT2D eigenvalue weighted by molar-refractivity contribution is -0.150. The highest BCUT2D eigenvalue weighted by Gasteiger charge is 2.59. The third-order valence-corrected chi connectivity index (χ3v) is 7.93. The molecule has 6 rings (SSSR count). The number of fused-ring (bicyclic) bond motifs is 4. The summed E-state index contributed by atoms with van der Waals surface area (Å²) in [7, 11) is 1.47. The Labute approximate surface area is 204 Å². The molecule has 0 radical (unpaired) electrons. The van der Waals surface area contributed by atoms with Crippen molar-refractivity contribution in [2.45, 2.75) is 37.3 Å². The highest BCUT2D eigenvalue weighted by molar-refractivity contribution is 5.92. The number of amides is 2. The Balaban J connectivity index is 1.30. The second-order valence-electron chi connectivity index (χ2n) is 9.70. The van der Waals surface area contributed by atoms with Gasteiger partial charge in [0, 0.05) is 25.6 Å². The molecule has 8 heteroatoms. The summed E-state index contributed by atoms with van der Waals surface area (Å²) in [5.41, 5.74) is 3.16. The van der Waals surface area contributed by atoms with Gasteiger partial charge in [-0.1, -0.05) is 55.5 Å². The molecule has 2 N–H and O–H groups in total. The summed E-state index contributed by atoms with van der Waals surface area (Å²) in [5, 5.41) is 12.3. The van der Waals surface area contributed by atoms with Crippen LogP contribution in [-0.4, -0.2) is 66.4 Å². The summed E-state index contributed by atoms with van der Waals surface area (Å²) in [6, 6.07) is 15.8. The zero-order valence-corrected chi connectivity index (χ0v) is 19.9. The fourth-order valence-electron chi connectivity index (χ4n) is 6.06. The molecule has 4 unspecified atom stereocenters. The number of carboxylic acids is 1. The van der Waals surface area contributed by atoms with Gasteiger partial charge in [-0.3, -0.25) is 9.59 Å². The molecular formula is C27H30N2O6. The van der Waals surface area contributed by atoms with Crippen molar-refractivity contribution in [3.05, 3.63) is 59.7 Å². The fraction of sp³-hybridized carbons (Fsp3) is 0.444. The molecule has 2 aliphatic carbocycles. The molecule has 2 saturated heterocycles. The van der Waals surface area contributed by atoms with Crippen molar-refractivity contribution in [1.82, 2.24) is 10.2 Å². The van der Waals surface area contributed by atoms with Crippen LogP contribution in [0.25, 0.3) is 11.1 Å². The lowest BCUT2D eigenvalue weighted by Crippen LogP contribution is -2.63. The molecular weight excluding hydrogens is 448 g/mol. The maximum Gasteiger partial charge on any atom is 0.408 e. The second-order valence-corrected chi connectivity index (χ2v) is 9.70. The minimum atomic E-state index is -1.32. The number of aliphatic carboxylic acids is 1. The fourth-order valence-corrected chi connectivity index (χ4v) is 6.06. The van der Waals surface area contributed by atoms with Crippen molar-refractivity contribution in [3.8, 4) is 11.1 Å². The van der Waals surface area contributed by atoms with Gasteiger partial charge in [-0.2, -0.15) is 0 Å². The first kappa shape index (κ1) is 23.4. The van der Waals surface area contributed by atoms with Gasteiger partial charge in [0.25, 0.3) is 5.91 Å². The van der Waals surface area contributed by atoms with E-state index in [9.17, 15) is 19.5 Å². The molecule has 2 aliphatic heterocycles. The summed E-state index contributed by atoms with van der Waals surface area (Å²) in [5.74, 6) is -1.85. The number of benzene rings is 2. The summed E-state index contributed by atoms with van der Waals surface area (Å²) in [6.45, 7) is 2.29. The third kappa shape index (κ3) is 3.76. The maximum absolute atomic E-state index is 13.6. The van der Waals surface area contributed by atoms with E-state index in [0.29, 0.717) is 13.0 Å². The van der Waals surface area contributed by atoms with Crippen molar-refractivity contribution >= 4 is 18.0 Å².